The second-order valence-electron chi connectivity index (χ2n) is 4.93. The number of hydrogen-bond donors (Lipinski definition) is 0. The lowest BCUT2D eigenvalue weighted by atomic mass is 10.0. The normalized spacial score (nSPS) is 16.3. The van der Waals surface area contributed by atoms with E-state index in [-0.39, 0.29) is 11.7 Å². The van der Waals surface area contributed by atoms with Gasteiger partial charge in [-0.15, -0.1) is 0 Å². The molecule has 1 aliphatic carbocycles. The number of carbonyl (C=O) groups excluding carboxylic acids is 2. The molecule has 2 aromatic carbocycles. The Balaban J connectivity index is 1.94. The summed E-state index contributed by atoms with van der Waals surface area (Å²) in [6.07, 6.45) is 4.62. The summed E-state index contributed by atoms with van der Waals surface area (Å²) in [6, 6.07) is 13.4. The third-order valence-electron chi connectivity index (χ3n) is 3.39. The molecule has 0 aromatic heterocycles. The largest absolute Gasteiger partial charge is 0.290 e. The van der Waals surface area contributed by atoms with Crippen LogP contribution in [0.2, 0.25) is 0 Å². The Morgan fingerprint density at radius 1 is 1.00 bits per heavy atom. The molecule has 3 nitrogen and oxygen atoms in total. The van der Waals surface area contributed by atoms with E-state index in [0.29, 0.717) is 16.8 Å². The lowest BCUT2D eigenvalue weighted by Gasteiger charge is -2.04. The molecule has 0 heterocycles. The van der Waals surface area contributed by atoms with E-state index >= 15 is 0 Å². The van der Waals surface area contributed by atoms with Crippen LogP contribution in [0, 0.1) is 0 Å². The van der Waals surface area contributed by atoms with Crippen LogP contribution < -0.4 is 0 Å². The van der Waals surface area contributed by atoms with Crippen molar-refractivity contribution in [1.29, 1.82) is 0 Å². The van der Waals surface area contributed by atoms with Gasteiger partial charge in [0.2, 0.25) is 0 Å². The highest BCUT2D eigenvalue weighted by Crippen LogP contribution is 2.16. The lowest BCUT2D eigenvalue weighted by Crippen LogP contribution is -2.07. The molecule has 0 unspecified atom stereocenters. The zero-order valence-electron chi connectivity index (χ0n) is 11.5. The van der Waals surface area contributed by atoms with Crippen molar-refractivity contribution in [3.05, 3.63) is 71.8 Å². The number of benzene rings is 2. The van der Waals surface area contributed by atoms with E-state index in [4.69, 9.17) is 0 Å². The number of ketones is 1. The van der Waals surface area contributed by atoms with Crippen molar-refractivity contribution < 1.29 is 9.59 Å². The van der Waals surface area contributed by atoms with Gasteiger partial charge in [-0.1, -0.05) is 30.3 Å². The second kappa shape index (κ2) is 5.29. The third-order valence-corrected chi connectivity index (χ3v) is 3.39. The summed E-state index contributed by atoms with van der Waals surface area (Å²) in [5.41, 5.74) is 1.63. The molecule has 0 saturated heterocycles. The van der Waals surface area contributed by atoms with Gasteiger partial charge in [-0.25, -0.2) is 4.99 Å². The minimum atomic E-state index is -0.307. The maximum Gasteiger partial charge on any atom is 0.277 e. The van der Waals surface area contributed by atoms with Crippen molar-refractivity contribution in [2.75, 3.05) is 0 Å². The summed E-state index contributed by atoms with van der Waals surface area (Å²) >= 11 is 0. The van der Waals surface area contributed by atoms with Crippen molar-refractivity contribution in [3.63, 3.8) is 0 Å². The molecule has 3 rings (SSSR count). The van der Waals surface area contributed by atoms with Crippen LogP contribution in [0.25, 0.3) is 10.8 Å². The number of allylic oxidation sites excluding steroid dienone is 4. The van der Waals surface area contributed by atoms with Crippen LogP contribution >= 0.6 is 0 Å². The van der Waals surface area contributed by atoms with Gasteiger partial charge in [0.25, 0.3) is 5.91 Å². The Kier molecular flexibility index (Phi) is 3.32. The first-order valence-electron chi connectivity index (χ1n) is 6.66. The first kappa shape index (κ1) is 13.2. The molecule has 1 amide bonds. The molecule has 0 bridgehead atoms. The maximum absolute atomic E-state index is 12.2. The monoisotopic (exact) mass is 275 g/mol. The van der Waals surface area contributed by atoms with Gasteiger partial charge < -0.3 is 0 Å². The highest BCUT2D eigenvalue weighted by atomic mass is 16.1. The fourth-order valence-electron chi connectivity index (χ4n) is 2.21. The first-order chi connectivity index (χ1) is 10.1. The minimum absolute atomic E-state index is 0.0490. The first-order valence-corrected chi connectivity index (χ1v) is 6.66. The molecule has 0 fully saturated rings. The Labute approximate surface area is 122 Å². The molecule has 0 atom stereocenters. The van der Waals surface area contributed by atoms with E-state index in [0.717, 1.165) is 10.8 Å². The van der Waals surface area contributed by atoms with Gasteiger partial charge >= 0.3 is 0 Å². The fourth-order valence-corrected chi connectivity index (χ4v) is 2.21. The summed E-state index contributed by atoms with van der Waals surface area (Å²) in [6.45, 7) is 1.71. The van der Waals surface area contributed by atoms with Crippen LogP contribution in [-0.2, 0) is 4.79 Å². The molecule has 1 aliphatic rings. The quantitative estimate of drug-likeness (QED) is 0.748. The topological polar surface area (TPSA) is 46.5 Å². The van der Waals surface area contributed by atoms with Crippen LogP contribution in [0.4, 0.5) is 0 Å². The molecule has 0 aliphatic heterocycles. The number of amides is 1. The summed E-state index contributed by atoms with van der Waals surface area (Å²) < 4.78 is 0. The predicted octanol–water partition coefficient (Wildman–Crippen LogP) is 3.51. The Hall–Kier alpha value is -2.81. The molecule has 2 aromatic rings. The number of carbonyl (C=O) groups is 2. The Morgan fingerprint density at radius 2 is 1.76 bits per heavy atom. The van der Waals surface area contributed by atoms with Crippen LogP contribution in [0.3, 0.4) is 0 Å². The molecule has 102 valence electrons. The summed E-state index contributed by atoms with van der Waals surface area (Å²) in [5.74, 6) is -0.356. The average molecular weight is 275 g/mol. The van der Waals surface area contributed by atoms with E-state index in [1.165, 1.54) is 6.08 Å². The highest BCUT2D eigenvalue weighted by molar-refractivity contribution is 6.22. The molecule has 21 heavy (non-hydrogen) atoms. The molecular formula is C18H13NO2. The van der Waals surface area contributed by atoms with Crippen molar-refractivity contribution in [3.8, 4) is 0 Å². The molecular weight excluding hydrogens is 262 g/mol. The zero-order chi connectivity index (χ0) is 14.8. The van der Waals surface area contributed by atoms with Gasteiger partial charge in [0.15, 0.2) is 5.78 Å². The van der Waals surface area contributed by atoms with E-state index in [9.17, 15) is 9.59 Å². The summed E-state index contributed by atoms with van der Waals surface area (Å²) in [5, 5.41) is 2.09. The van der Waals surface area contributed by atoms with Crippen LogP contribution in [-0.4, -0.2) is 17.4 Å². The van der Waals surface area contributed by atoms with Gasteiger partial charge in [-0.3, -0.25) is 9.59 Å². The number of hydrogen-bond acceptors (Lipinski definition) is 2. The van der Waals surface area contributed by atoms with Gasteiger partial charge in [0, 0.05) is 5.56 Å². The van der Waals surface area contributed by atoms with Crippen molar-refractivity contribution in [1.82, 2.24) is 0 Å². The van der Waals surface area contributed by atoms with Gasteiger partial charge in [-0.2, -0.15) is 0 Å². The molecule has 0 spiro atoms. The zero-order valence-corrected chi connectivity index (χ0v) is 11.5. The number of nitrogens with zero attached hydrogens (tertiary/aromatic N) is 1. The average Bonchev–Trinajstić information content (AvgIpc) is 2.50. The molecule has 0 saturated carbocycles. The van der Waals surface area contributed by atoms with Crippen LogP contribution in [0.5, 0.6) is 0 Å². The van der Waals surface area contributed by atoms with Gasteiger partial charge in [-0.05, 0) is 53.6 Å². The van der Waals surface area contributed by atoms with Gasteiger partial charge in [0.1, 0.15) is 0 Å². The third kappa shape index (κ3) is 2.72. The number of rotatable bonds is 1. The van der Waals surface area contributed by atoms with E-state index in [1.807, 2.05) is 36.4 Å². The SMILES string of the molecule is CC1=CC(=NC(=O)c2ccc3ccccc3c2)C=CC1=O. The summed E-state index contributed by atoms with van der Waals surface area (Å²) in [4.78, 5) is 27.6. The highest BCUT2D eigenvalue weighted by Gasteiger charge is 2.10. The Morgan fingerprint density at radius 3 is 2.52 bits per heavy atom. The van der Waals surface area contributed by atoms with Gasteiger partial charge in [0.05, 0.1) is 5.71 Å². The second-order valence-corrected chi connectivity index (χ2v) is 4.93. The van der Waals surface area contributed by atoms with Crippen molar-refractivity contribution in [2.24, 2.45) is 4.99 Å². The molecule has 0 N–H and O–H groups in total. The Bertz CT molecular complexity index is 841. The predicted molar refractivity (Wildman–Crippen MR) is 83.6 cm³/mol. The van der Waals surface area contributed by atoms with E-state index in [2.05, 4.69) is 4.99 Å². The standard InChI is InChI=1S/C18H13NO2/c1-12-10-16(8-9-17(12)20)19-18(21)15-7-6-13-4-2-3-5-14(13)11-15/h2-11H,1H3. The number of aliphatic imine (C=N–C) groups is 1. The van der Waals surface area contributed by atoms with E-state index < -0.39 is 0 Å². The summed E-state index contributed by atoms with van der Waals surface area (Å²) in [7, 11) is 0. The van der Waals surface area contributed by atoms with Crippen LogP contribution in [0.15, 0.2) is 71.3 Å². The minimum Gasteiger partial charge on any atom is -0.290 e. The van der Waals surface area contributed by atoms with Crippen molar-refractivity contribution >= 4 is 28.2 Å². The number of fused-ring (bicyclic) bond motifs is 1. The van der Waals surface area contributed by atoms with Crippen LogP contribution in [0.1, 0.15) is 17.3 Å². The fraction of sp³-hybridized carbons (Fsp3) is 0.0556. The molecule has 3 heteroatoms. The van der Waals surface area contributed by atoms with Crippen molar-refractivity contribution in [2.45, 2.75) is 6.92 Å². The lowest BCUT2D eigenvalue weighted by molar-refractivity contribution is -0.111. The van der Waals surface area contributed by atoms with E-state index in [1.54, 1.807) is 25.1 Å². The molecule has 0 radical (unpaired) electrons. The maximum atomic E-state index is 12.2. The smallest absolute Gasteiger partial charge is 0.277 e.